The number of ether oxygens (including phenoxy) is 8. The van der Waals surface area contributed by atoms with Crippen molar-refractivity contribution in [3.63, 3.8) is 0 Å². The maximum atomic E-state index is 12.9. The normalized spacial score (nSPS) is 41.8. The van der Waals surface area contributed by atoms with Crippen LogP contribution < -0.4 is 0 Å². The van der Waals surface area contributed by atoms with Crippen molar-refractivity contribution in [1.29, 1.82) is 0 Å². The van der Waals surface area contributed by atoms with E-state index in [0.717, 1.165) is 12.7 Å². The van der Waals surface area contributed by atoms with E-state index in [4.69, 9.17) is 37.9 Å². The fourth-order valence-electron chi connectivity index (χ4n) is 7.96. The smallest absolute Gasteiger partial charge is 0.308 e. The predicted octanol–water partition coefficient (Wildman–Crippen LogP) is 3.24. The van der Waals surface area contributed by atoms with Gasteiger partial charge in [-0.1, -0.05) is 44.6 Å². The average Bonchev–Trinajstić information content (AvgIpc) is 3.12. The van der Waals surface area contributed by atoms with Crippen LogP contribution in [-0.4, -0.2) is 152 Å². The highest BCUT2D eigenvalue weighted by Gasteiger charge is 2.53. The summed E-state index contributed by atoms with van der Waals surface area (Å²) in [6.07, 6.45) is -1.16. The lowest BCUT2D eigenvalue weighted by molar-refractivity contribution is -0.345. The van der Waals surface area contributed by atoms with E-state index in [2.05, 4.69) is 0 Å². The standard InChI is InChI=1S/C41H69NO14/c1-11-12-18-31(46)54-39-27(5)52-33(23-41(39,6)50-10)55-36-26(4)53-40(35(48)34(36)42(7)8)56-37-28(19-20-43)21-24(2)29(44)17-15-13-14-16-25(3)51-32(47)22-30(45)38(37)49-9/h13-15,17,20,24-30,33-40,44-45,48H,11-12,16,18-19,21-23H2,1-10H3/b14-13+,17-15+/t24-,25-,26-,27+,28+,29+,30-,33+,34-,35-,36-,37+,38+,39+,40+,41-/m1/s1. The van der Waals surface area contributed by atoms with Crippen molar-refractivity contribution in [3.05, 3.63) is 24.3 Å². The second kappa shape index (κ2) is 22.7. The first-order valence-electron chi connectivity index (χ1n) is 20.1. The number of aliphatic hydroxyl groups is 3. The molecule has 15 nitrogen and oxygen atoms in total. The fourth-order valence-corrected chi connectivity index (χ4v) is 7.96. The van der Waals surface area contributed by atoms with E-state index in [0.29, 0.717) is 19.3 Å². The minimum Gasteiger partial charge on any atom is -0.462 e. The highest BCUT2D eigenvalue weighted by atomic mass is 16.7. The van der Waals surface area contributed by atoms with Crippen molar-refractivity contribution in [1.82, 2.24) is 4.90 Å². The molecule has 2 fully saturated rings. The number of methoxy groups -OCH3 is 2. The molecule has 0 bridgehead atoms. The lowest BCUT2D eigenvalue weighted by Crippen LogP contribution is -2.66. The number of carbonyl (C=O) groups excluding carboxylic acids is 3. The second-order valence-corrected chi connectivity index (χ2v) is 16.0. The number of cyclic esters (lactones) is 1. The summed E-state index contributed by atoms with van der Waals surface area (Å²) in [5, 5.41) is 34.5. The van der Waals surface area contributed by atoms with Crippen LogP contribution in [0, 0.1) is 11.8 Å². The molecule has 322 valence electrons. The van der Waals surface area contributed by atoms with Gasteiger partial charge in [0.1, 0.15) is 36.3 Å². The predicted molar refractivity (Wildman–Crippen MR) is 205 cm³/mol. The zero-order chi connectivity index (χ0) is 41.7. The number of allylic oxidation sites excluding steroid dienone is 2. The van der Waals surface area contributed by atoms with E-state index < -0.39 is 104 Å². The molecule has 0 amide bonds. The molecule has 0 aromatic rings. The lowest BCUT2D eigenvalue weighted by atomic mass is 9.82. The average molecular weight is 800 g/mol. The molecule has 0 aromatic carbocycles. The number of rotatable bonds is 13. The van der Waals surface area contributed by atoms with Crippen molar-refractivity contribution < 1.29 is 67.6 Å². The highest BCUT2D eigenvalue weighted by Crippen LogP contribution is 2.38. The van der Waals surface area contributed by atoms with Crippen LogP contribution in [0.4, 0.5) is 0 Å². The van der Waals surface area contributed by atoms with E-state index in [-0.39, 0.29) is 31.1 Å². The van der Waals surface area contributed by atoms with Gasteiger partial charge in [0, 0.05) is 39.9 Å². The van der Waals surface area contributed by atoms with E-state index in [1.807, 2.05) is 26.8 Å². The van der Waals surface area contributed by atoms with Crippen LogP contribution >= 0.6 is 0 Å². The van der Waals surface area contributed by atoms with Gasteiger partial charge in [0.15, 0.2) is 18.7 Å². The number of likely N-dealkylation sites (N-methyl/N-ethyl adjacent to an activating group) is 1. The monoisotopic (exact) mass is 799 g/mol. The van der Waals surface area contributed by atoms with E-state index in [1.54, 1.807) is 65.1 Å². The Hall–Kier alpha value is -2.31. The van der Waals surface area contributed by atoms with Gasteiger partial charge in [-0.2, -0.15) is 0 Å². The number of nitrogens with zero attached hydrogens (tertiary/aromatic N) is 1. The SMILES string of the molecule is CCCCC(=O)O[C@H]1[C@H](C)O[C@@H](O[C@H]2[C@H](N(C)C)[C@@H](O)[C@H](O[C@H]3[C@@H](CC=O)C[C@@H](C)[C@@H](O)/C=C/C=C/C[C@@H](C)OC(=O)C[C@@H](O)[C@@H]3OC)O[C@@H]2C)C[C@@]1(C)OC. The first-order chi connectivity index (χ1) is 26.5. The summed E-state index contributed by atoms with van der Waals surface area (Å²) >= 11 is 0. The van der Waals surface area contributed by atoms with Crippen LogP contribution in [0.15, 0.2) is 24.3 Å². The third-order valence-electron chi connectivity index (χ3n) is 11.2. The van der Waals surface area contributed by atoms with E-state index >= 15 is 0 Å². The Balaban J connectivity index is 1.91. The zero-order valence-electron chi connectivity index (χ0n) is 35.0. The molecule has 2 saturated heterocycles. The van der Waals surface area contributed by atoms with E-state index in [9.17, 15) is 29.7 Å². The summed E-state index contributed by atoms with van der Waals surface area (Å²) < 4.78 is 48.9. The topological polar surface area (TPSA) is 189 Å². The van der Waals surface area contributed by atoms with Crippen LogP contribution in [0.5, 0.6) is 0 Å². The van der Waals surface area contributed by atoms with Gasteiger partial charge in [0.2, 0.25) is 0 Å². The second-order valence-electron chi connectivity index (χ2n) is 16.0. The summed E-state index contributed by atoms with van der Waals surface area (Å²) in [7, 11) is 6.49. The molecule has 0 spiro atoms. The molecular formula is C41H69NO14. The van der Waals surface area contributed by atoms with Gasteiger partial charge < -0.3 is 62.9 Å². The maximum absolute atomic E-state index is 12.9. The molecule has 3 aliphatic heterocycles. The summed E-state index contributed by atoms with van der Waals surface area (Å²) in [6, 6.07) is -0.710. The third-order valence-corrected chi connectivity index (χ3v) is 11.2. The Morgan fingerprint density at radius 1 is 1.02 bits per heavy atom. The van der Waals surface area contributed by atoms with Crippen LogP contribution in [-0.2, 0) is 52.3 Å². The number of esters is 2. The molecule has 0 radical (unpaired) electrons. The molecule has 0 saturated carbocycles. The van der Waals surface area contributed by atoms with Crippen LogP contribution in [0.2, 0.25) is 0 Å². The van der Waals surface area contributed by atoms with Gasteiger partial charge in [0.05, 0.1) is 43.0 Å². The van der Waals surface area contributed by atoms with Crippen molar-refractivity contribution in [3.8, 4) is 0 Å². The van der Waals surface area contributed by atoms with Crippen LogP contribution in [0.3, 0.4) is 0 Å². The number of carbonyl (C=O) groups is 3. The molecule has 15 heteroatoms. The number of hydrogen-bond donors (Lipinski definition) is 3. The largest absolute Gasteiger partial charge is 0.462 e. The van der Waals surface area contributed by atoms with Crippen molar-refractivity contribution in [2.45, 2.75) is 178 Å². The van der Waals surface area contributed by atoms with Gasteiger partial charge >= 0.3 is 11.9 Å². The molecule has 0 unspecified atom stereocenters. The van der Waals surface area contributed by atoms with Gasteiger partial charge in [-0.05, 0) is 66.5 Å². The molecule has 56 heavy (non-hydrogen) atoms. The number of hydrogen-bond acceptors (Lipinski definition) is 15. The van der Waals surface area contributed by atoms with Gasteiger partial charge in [-0.15, -0.1) is 0 Å². The van der Waals surface area contributed by atoms with Gasteiger partial charge in [-0.3, -0.25) is 9.59 Å². The molecule has 3 heterocycles. The van der Waals surface area contributed by atoms with Crippen molar-refractivity contribution >= 4 is 18.2 Å². The first-order valence-corrected chi connectivity index (χ1v) is 20.1. The molecule has 3 aliphatic rings. The number of unbranched alkanes of at least 4 members (excludes halogenated alkanes) is 1. The fraction of sp³-hybridized carbons (Fsp3) is 0.829. The Bertz CT molecular complexity index is 1280. The molecule has 16 atom stereocenters. The molecule has 3 N–H and O–H groups in total. The highest BCUT2D eigenvalue weighted by molar-refractivity contribution is 5.70. The Morgan fingerprint density at radius 3 is 2.36 bits per heavy atom. The van der Waals surface area contributed by atoms with E-state index in [1.165, 1.54) is 7.11 Å². The molecule has 0 aliphatic carbocycles. The van der Waals surface area contributed by atoms with Crippen LogP contribution in [0.25, 0.3) is 0 Å². The van der Waals surface area contributed by atoms with Gasteiger partial charge in [-0.25, -0.2) is 0 Å². The minimum atomic E-state index is -1.42. The Morgan fingerprint density at radius 2 is 1.73 bits per heavy atom. The number of aliphatic hydroxyl groups excluding tert-OH is 3. The molecule has 0 aromatic heterocycles. The van der Waals surface area contributed by atoms with Crippen molar-refractivity contribution in [2.24, 2.45) is 11.8 Å². The van der Waals surface area contributed by atoms with Gasteiger partial charge in [0.25, 0.3) is 0 Å². The Kier molecular flexibility index (Phi) is 19.5. The molecule has 3 rings (SSSR count). The van der Waals surface area contributed by atoms with Crippen molar-refractivity contribution in [2.75, 3.05) is 28.3 Å². The third kappa shape index (κ3) is 13.1. The first kappa shape index (κ1) is 48.1. The number of aldehydes is 1. The zero-order valence-corrected chi connectivity index (χ0v) is 35.0. The molecular weight excluding hydrogens is 730 g/mol. The quantitative estimate of drug-likeness (QED) is 0.182. The summed E-state index contributed by atoms with van der Waals surface area (Å²) in [5.41, 5.74) is -0.934. The van der Waals surface area contributed by atoms with Crippen LogP contribution in [0.1, 0.15) is 92.9 Å². The Labute approximate surface area is 332 Å². The summed E-state index contributed by atoms with van der Waals surface area (Å²) in [4.78, 5) is 39.5. The lowest BCUT2D eigenvalue weighted by Gasteiger charge is -2.51. The summed E-state index contributed by atoms with van der Waals surface area (Å²) in [6.45, 7) is 11.0. The summed E-state index contributed by atoms with van der Waals surface area (Å²) in [5.74, 6) is -1.97. The minimum absolute atomic E-state index is 0.0367. The maximum Gasteiger partial charge on any atom is 0.308 e.